The maximum Gasteiger partial charge on any atom is 0.235 e. The number of amides is 1. The van der Waals surface area contributed by atoms with Crippen molar-refractivity contribution in [1.29, 1.82) is 0 Å². The number of nitrogens with two attached hydrogens (primary N) is 1. The molecular formula is C11H11F2N5OS. The molecule has 0 saturated carbocycles. The van der Waals surface area contributed by atoms with Crippen LogP contribution in [0, 0.1) is 18.6 Å². The van der Waals surface area contributed by atoms with Gasteiger partial charge in [0.2, 0.25) is 11.1 Å². The van der Waals surface area contributed by atoms with Gasteiger partial charge in [0.15, 0.2) is 0 Å². The normalized spacial score (nSPS) is 10.6. The summed E-state index contributed by atoms with van der Waals surface area (Å²) in [7, 11) is 0. The van der Waals surface area contributed by atoms with Crippen molar-refractivity contribution >= 4 is 23.4 Å². The lowest BCUT2D eigenvalue weighted by atomic mass is 10.3. The summed E-state index contributed by atoms with van der Waals surface area (Å²) in [5.74, 6) is 3.77. The molecule has 1 amide bonds. The van der Waals surface area contributed by atoms with Gasteiger partial charge >= 0.3 is 0 Å². The van der Waals surface area contributed by atoms with Crippen molar-refractivity contribution < 1.29 is 13.6 Å². The van der Waals surface area contributed by atoms with Crippen LogP contribution in [0.4, 0.5) is 14.5 Å². The van der Waals surface area contributed by atoms with Gasteiger partial charge in [0, 0.05) is 0 Å². The Morgan fingerprint density at radius 2 is 2.05 bits per heavy atom. The zero-order chi connectivity index (χ0) is 14.7. The number of nitrogens with zero attached hydrogens (tertiary/aromatic N) is 3. The van der Waals surface area contributed by atoms with Crippen LogP contribution in [0.25, 0.3) is 0 Å². The molecule has 1 aromatic carbocycles. The molecule has 106 valence electrons. The second-order valence-corrected chi connectivity index (χ2v) is 4.78. The van der Waals surface area contributed by atoms with E-state index in [1.165, 1.54) is 10.7 Å². The molecule has 20 heavy (non-hydrogen) atoms. The van der Waals surface area contributed by atoms with Crippen LogP contribution in [-0.4, -0.2) is 26.5 Å². The van der Waals surface area contributed by atoms with Gasteiger partial charge < -0.3 is 11.2 Å². The summed E-state index contributed by atoms with van der Waals surface area (Å²) in [5.41, 5.74) is -0.469. The van der Waals surface area contributed by atoms with Crippen LogP contribution in [0.1, 0.15) is 5.82 Å². The summed E-state index contributed by atoms with van der Waals surface area (Å²) in [6.07, 6.45) is 0. The number of nitrogen functional groups attached to an aromatic ring is 1. The smallest absolute Gasteiger partial charge is 0.235 e. The zero-order valence-corrected chi connectivity index (χ0v) is 11.2. The van der Waals surface area contributed by atoms with E-state index in [0.717, 1.165) is 23.9 Å². The van der Waals surface area contributed by atoms with Gasteiger partial charge in [-0.2, -0.15) is 0 Å². The molecule has 0 aliphatic carbocycles. The van der Waals surface area contributed by atoms with Crippen molar-refractivity contribution in [3.63, 3.8) is 0 Å². The van der Waals surface area contributed by atoms with Crippen LogP contribution in [-0.2, 0) is 4.79 Å². The number of aryl methyl sites for hydroxylation is 1. The minimum atomic E-state index is -0.832. The third-order valence-electron chi connectivity index (χ3n) is 2.39. The van der Waals surface area contributed by atoms with E-state index in [4.69, 9.17) is 5.84 Å². The largest absolute Gasteiger partial charge is 0.336 e. The molecule has 0 saturated heterocycles. The van der Waals surface area contributed by atoms with Crippen LogP contribution < -0.4 is 11.2 Å². The van der Waals surface area contributed by atoms with E-state index < -0.39 is 23.2 Å². The molecule has 3 N–H and O–H groups in total. The van der Waals surface area contributed by atoms with E-state index in [1.807, 2.05) is 0 Å². The predicted molar refractivity (Wildman–Crippen MR) is 70.6 cm³/mol. The fraction of sp³-hybridized carbons (Fsp3) is 0.182. The molecule has 9 heteroatoms. The quantitative estimate of drug-likeness (QED) is 0.656. The van der Waals surface area contributed by atoms with Gasteiger partial charge in [-0.15, -0.1) is 10.2 Å². The average Bonchev–Trinajstić information content (AvgIpc) is 2.72. The Morgan fingerprint density at radius 3 is 2.60 bits per heavy atom. The lowest BCUT2D eigenvalue weighted by molar-refractivity contribution is -0.113. The molecule has 0 fully saturated rings. The number of benzene rings is 1. The number of halogens is 2. The first-order valence-electron chi connectivity index (χ1n) is 5.53. The maximum atomic E-state index is 13.3. The van der Waals surface area contributed by atoms with Gasteiger partial charge in [-0.25, -0.2) is 13.5 Å². The Kier molecular flexibility index (Phi) is 4.18. The van der Waals surface area contributed by atoms with Crippen LogP contribution in [0.15, 0.2) is 23.4 Å². The molecule has 0 spiro atoms. The lowest BCUT2D eigenvalue weighted by Gasteiger charge is -2.07. The highest BCUT2D eigenvalue weighted by Gasteiger charge is 2.14. The molecular weight excluding hydrogens is 288 g/mol. The molecule has 2 rings (SSSR count). The minimum Gasteiger partial charge on any atom is -0.336 e. The molecule has 1 heterocycles. The zero-order valence-electron chi connectivity index (χ0n) is 10.4. The maximum absolute atomic E-state index is 13.3. The van der Waals surface area contributed by atoms with Crippen molar-refractivity contribution in [3.8, 4) is 0 Å². The number of thioether (sulfide) groups is 1. The molecule has 6 nitrogen and oxygen atoms in total. The Bertz CT molecular complexity index is 625. The number of anilines is 1. The van der Waals surface area contributed by atoms with Gasteiger partial charge in [0.05, 0.1) is 5.75 Å². The number of hydrogen-bond acceptors (Lipinski definition) is 5. The van der Waals surface area contributed by atoms with E-state index in [2.05, 4.69) is 15.5 Å². The third-order valence-corrected chi connectivity index (χ3v) is 3.34. The van der Waals surface area contributed by atoms with Crippen molar-refractivity contribution in [1.82, 2.24) is 14.9 Å². The highest BCUT2D eigenvalue weighted by molar-refractivity contribution is 7.99. The summed E-state index contributed by atoms with van der Waals surface area (Å²) in [6.45, 7) is 1.66. The first kappa shape index (κ1) is 14.3. The topological polar surface area (TPSA) is 85.8 Å². The number of nitrogens with one attached hydrogen (secondary N) is 1. The van der Waals surface area contributed by atoms with Crippen LogP contribution in [0.2, 0.25) is 0 Å². The standard InChI is InChI=1S/C11H11F2N5OS/c1-6-16-17-11(18(6)14)20-5-9(19)15-10-7(12)3-2-4-8(10)13/h2-4H,5,14H2,1H3,(H,15,19). The van der Waals surface area contributed by atoms with Crippen LogP contribution in [0.5, 0.6) is 0 Å². The monoisotopic (exact) mass is 299 g/mol. The first-order chi connectivity index (χ1) is 9.49. The summed E-state index contributed by atoms with van der Waals surface area (Å²) < 4.78 is 27.9. The SMILES string of the molecule is Cc1nnc(SCC(=O)Nc2c(F)cccc2F)n1N. The molecule has 0 bridgehead atoms. The van der Waals surface area contributed by atoms with Crippen LogP contribution in [0.3, 0.4) is 0 Å². The Labute approximate surface area is 117 Å². The number of aromatic nitrogens is 3. The summed E-state index contributed by atoms with van der Waals surface area (Å²) >= 11 is 1.01. The summed E-state index contributed by atoms with van der Waals surface area (Å²) in [4.78, 5) is 11.6. The van der Waals surface area contributed by atoms with Crippen molar-refractivity contribution in [2.75, 3.05) is 16.9 Å². The van der Waals surface area contributed by atoms with Gasteiger partial charge in [0.25, 0.3) is 0 Å². The average molecular weight is 299 g/mol. The number of para-hydroxylation sites is 1. The number of carbonyl (C=O) groups is 1. The second kappa shape index (κ2) is 5.87. The van der Waals surface area contributed by atoms with E-state index in [9.17, 15) is 13.6 Å². The highest BCUT2D eigenvalue weighted by atomic mass is 32.2. The Balaban J connectivity index is 1.98. The number of rotatable bonds is 4. The third kappa shape index (κ3) is 3.05. The highest BCUT2D eigenvalue weighted by Crippen LogP contribution is 2.19. The van der Waals surface area contributed by atoms with Gasteiger partial charge in [-0.1, -0.05) is 17.8 Å². The molecule has 0 aliphatic rings. The molecule has 0 radical (unpaired) electrons. The Hall–Kier alpha value is -2.16. The van der Waals surface area contributed by atoms with Gasteiger partial charge in [0.1, 0.15) is 23.1 Å². The fourth-order valence-electron chi connectivity index (χ4n) is 1.37. The van der Waals surface area contributed by atoms with Crippen LogP contribution >= 0.6 is 11.8 Å². The van der Waals surface area contributed by atoms with Crippen molar-refractivity contribution in [2.45, 2.75) is 12.1 Å². The van der Waals surface area contributed by atoms with E-state index in [1.54, 1.807) is 6.92 Å². The van der Waals surface area contributed by atoms with Gasteiger partial charge in [-0.3, -0.25) is 4.79 Å². The number of hydrogen-bond donors (Lipinski definition) is 2. The summed E-state index contributed by atoms with van der Waals surface area (Å²) in [6, 6.07) is 3.34. The van der Waals surface area contributed by atoms with E-state index in [-0.39, 0.29) is 5.75 Å². The predicted octanol–water partition coefficient (Wildman–Crippen LogP) is 1.31. The Morgan fingerprint density at radius 1 is 1.40 bits per heavy atom. The molecule has 1 aromatic heterocycles. The first-order valence-corrected chi connectivity index (χ1v) is 6.51. The molecule has 0 atom stereocenters. The molecule has 0 aliphatic heterocycles. The molecule has 0 unspecified atom stereocenters. The number of carbonyl (C=O) groups excluding carboxylic acids is 1. The van der Waals surface area contributed by atoms with E-state index in [0.29, 0.717) is 11.0 Å². The minimum absolute atomic E-state index is 0.0941. The molecule has 2 aromatic rings. The summed E-state index contributed by atoms with van der Waals surface area (Å²) in [5, 5.41) is 9.98. The lowest BCUT2D eigenvalue weighted by Crippen LogP contribution is -2.18. The van der Waals surface area contributed by atoms with E-state index >= 15 is 0 Å². The van der Waals surface area contributed by atoms with Crippen molar-refractivity contribution in [2.24, 2.45) is 0 Å². The van der Waals surface area contributed by atoms with Gasteiger partial charge in [-0.05, 0) is 19.1 Å². The second-order valence-electron chi connectivity index (χ2n) is 3.83. The fourth-order valence-corrected chi connectivity index (χ4v) is 2.07. The van der Waals surface area contributed by atoms with Crippen molar-refractivity contribution in [3.05, 3.63) is 35.7 Å².